The average Bonchev–Trinajstić information content (AvgIpc) is 2.74. The number of hydrogen-bond donors (Lipinski definition) is 1. The third-order valence-electron chi connectivity index (χ3n) is 2.36. The van der Waals surface area contributed by atoms with Gasteiger partial charge in [-0.15, -0.1) is 11.3 Å². The van der Waals surface area contributed by atoms with Crippen molar-refractivity contribution in [3.8, 4) is 0 Å². The lowest BCUT2D eigenvalue weighted by Gasteiger charge is -2.17. The van der Waals surface area contributed by atoms with Gasteiger partial charge in [-0.1, -0.05) is 13.8 Å². The molecule has 0 aliphatic carbocycles. The Balaban J connectivity index is 2.92. The number of aryl methyl sites for hydroxylation is 1. The van der Waals surface area contributed by atoms with Crippen molar-refractivity contribution >= 4 is 27.3 Å². The fourth-order valence-corrected chi connectivity index (χ4v) is 3.84. The van der Waals surface area contributed by atoms with Crippen LogP contribution in [0.15, 0.2) is 10.4 Å². The van der Waals surface area contributed by atoms with E-state index in [0.717, 1.165) is 11.3 Å². The average molecular weight is 306 g/mol. The Morgan fingerprint density at radius 1 is 1.53 bits per heavy atom. The summed E-state index contributed by atoms with van der Waals surface area (Å²) in [5.41, 5.74) is 0. The third kappa shape index (κ3) is 4.55. The molecular weight excluding hydrogens is 288 g/mol. The highest BCUT2D eigenvalue weighted by atomic mass is 32.2. The number of hydrogen-bond acceptors (Lipinski definition) is 6. The molecule has 0 bridgehead atoms. The lowest BCUT2D eigenvalue weighted by molar-refractivity contribution is -0.143. The second-order valence-electron chi connectivity index (χ2n) is 4.52. The number of methoxy groups -OCH3 is 1. The number of sulfonamides is 1. The smallest absolute Gasteiger partial charge is 0.323 e. The molecule has 0 spiro atoms. The minimum Gasteiger partial charge on any atom is -0.468 e. The Morgan fingerprint density at radius 3 is 2.58 bits per heavy atom. The minimum atomic E-state index is -3.73. The maximum atomic E-state index is 12.1. The van der Waals surface area contributed by atoms with Gasteiger partial charge in [-0.05, 0) is 19.3 Å². The van der Waals surface area contributed by atoms with E-state index in [4.69, 9.17) is 0 Å². The number of aromatic nitrogens is 1. The second-order valence-corrected chi connectivity index (χ2v) is 7.70. The molecule has 1 aromatic heterocycles. The van der Waals surface area contributed by atoms with Crippen LogP contribution in [0.1, 0.15) is 25.3 Å². The lowest BCUT2D eigenvalue weighted by Crippen LogP contribution is -2.42. The van der Waals surface area contributed by atoms with Gasteiger partial charge in [0.15, 0.2) is 4.21 Å². The highest BCUT2D eigenvalue weighted by Gasteiger charge is 2.28. The first-order valence-electron chi connectivity index (χ1n) is 5.79. The van der Waals surface area contributed by atoms with Gasteiger partial charge in [-0.3, -0.25) is 4.79 Å². The van der Waals surface area contributed by atoms with Crippen LogP contribution in [0.25, 0.3) is 0 Å². The molecule has 0 aromatic carbocycles. The van der Waals surface area contributed by atoms with E-state index in [1.807, 2.05) is 13.8 Å². The van der Waals surface area contributed by atoms with Crippen molar-refractivity contribution in [3.63, 3.8) is 0 Å². The fourth-order valence-electron chi connectivity index (χ4n) is 1.52. The Labute approximate surface area is 117 Å². The number of ether oxygens (including phenoxy) is 1. The van der Waals surface area contributed by atoms with Crippen molar-refractivity contribution in [3.05, 3.63) is 11.2 Å². The number of nitrogens with one attached hydrogen (secondary N) is 1. The molecule has 19 heavy (non-hydrogen) atoms. The number of esters is 1. The van der Waals surface area contributed by atoms with E-state index in [2.05, 4.69) is 14.4 Å². The summed E-state index contributed by atoms with van der Waals surface area (Å²) >= 11 is 1.06. The largest absolute Gasteiger partial charge is 0.468 e. The predicted octanol–water partition coefficient (Wildman–Crippen LogP) is 1.32. The Hall–Kier alpha value is -0.990. The second kappa shape index (κ2) is 6.44. The SMILES string of the molecule is COC(=O)C(CC(C)C)NS(=O)(=O)c1cnc(C)s1. The Kier molecular flexibility index (Phi) is 5.45. The first kappa shape index (κ1) is 16.1. The molecular formula is C11H18N2O4S2. The van der Waals surface area contributed by atoms with Gasteiger partial charge in [-0.25, -0.2) is 13.4 Å². The summed E-state index contributed by atoms with van der Waals surface area (Å²) in [7, 11) is -2.50. The first-order chi connectivity index (χ1) is 8.76. The van der Waals surface area contributed by atoms with Crippen LogP contribution in [-0.4, -0.2) is 32.5 Å². The van der Waals surface area contributed by atoms with Crippen molar-refractivity contribution in [2.24, 2.45) is 5.92 Å². The molecule has 0 radical (unpaired) electrons. The molecule has 1 aromatic rings. The maximum absolute atomic E-state index is 12.1. The lowest BCUT2D eigenvalue weighted by atomic mass is 10.1. The molecule has 0 aliphatic rings. The summed E-state index contributed by atoms with van der Waals surface area (Å²) < 4.78 is 31.3. The summed E-state index contributed by atoms with van der Waals surface area (Å²) in [6, 6.07) is -0.877. The van der Waals surface area contributed by atoms with E-state index >= 15 is 0 Å². The number of carbonyl (C=O) groups excluding carboxylic acids is 1. The Bertz CT molecular complexity index is 537. The molecule has 0 fully saturated rings. The summed E-state index contributed by atoms with van der Waals surface area (Å²) in [5, 5.41) is 0.652. The molecule has 1 rings (SSSR count). The van der Waals surface area contributed by atoms with Crippen molar-refractivity contribution < 1.29 is 17.9 Å². The van der Waals surface area contributed by atoms with Gasteiger partial charge in [0.2, 0.25) is 0 Å². The van der Waals surface area contributed by atoms with Crippen LogP contribution in [0.3, 0.4) is 0 Å². The number of nitrogens with zero attached hydrogens (tertiary/aromatic N) is 1. The first-order valence-corrected chi connectivity index (χ1v) is 8.09. The van der Waals surface area contributed by atoms with Gasteiger partial charge in [0, 0.05) is 0 Å². The molecule has 8 heteroatoms. The van der Waals surface area contributed by atoms with E-state index in [9.17, 15) is 13.2 Å². The zero-order valence-electron chi connectivity index (χ0n) is 11.3. The highest BCUT2D eigenvalue weighted by molar-refractivity contribution is 7.91. The predicted molar refractivity (Wildman–Crippen MR) is 72.4 cm³/mol. The van der Waals surface area contributed by atoms with Gasteiger partial charge in [0.25, 0.3) is 10.0 Å². The zero-order chi connectivity index (χ0) is 14.6. The number of rotatable bonds is 6. The van der Waals surface area contributed by atoms with Crippen molar-refractivity contribution in [2.75, 3.05) is 7.11 Å². The quantitative estimate of drug-likeness (QED) is 0.801. The fraction of sp³-hybridized carbons (Fsp3) is 0.636. The van der Waals surface area contributed by atoms with Crippen LogP contribution in [-0.2, 0) is 19.6 Å². The van der Waals surface area contributed by atoms with E-state index in [0.29, 0.717) is 11.4 Å². The van der Waals surface area contributed by atoms with Crippen LogP contribution in [0.4, 0.5) is 0 Å². The normalized spacial score (nSPS) is 13.5. The van der Waals surface area contributed by atoms with Crippen LogP contribution >= 0.6 is 11.3 Å². The maximum Gasteiger partial charge on any atom is 0.323 e. The van der Waals surface area contributed by atoms with Gasteiger partial charge in [0.05, 0.1) is 18.3 Å². The Morgan fingerprint density at radius 2 is 2.16 bits per heavy atom. The van der Waals surface area contributed by atoms with Crippen LogP contribution < -0.4 is 4.72 Å². The molecule has 1 atom stereocenters. The molecule has 1 heterocycles. The van der Waals surface area contributed by atoms with E-state index < -0.39 is 22.0 Å². The monoisotopic (exact) mass is 306 g/mol. The van der Waals surface area contributed by atoms with Gasteiger partial charge in [-0.2, -0.15) is 4.72 Å². The molecule has 0 saturated heterocycles. The molecule has 0 saturated carbocycles. The summed E-state index contributed by atoms with van der Waals surface area (Å²) in [5.74, 6) is -0.423. The van der Waals surface area contributed by atoms with E-state index in [1.54, 1.807) is 6.92 Å². The molecule has 0 aliphatic heterocycles. The summed E-state index contributed by atoms with van der Waals surface area (Å²) in [6.07, 6.45) is 1.66. The van der Waals surface area contributed by atoms with Crippen LogP contribution in [0, 0.1) is 12.8 Å². The summed E-state index contributed by atoms with van der Waals surface area (Å²) in [4.78, 5) is 15.5. The van der Waals surface area contributed by atoms with E-state index in [1.165, 1.54) is 13.3 Å². The van der Waals surface area contributed by atoms with Crippen molar-refractivity contribution in [1.82, 2.24) is 9.71 Å². The van der Waals surface area contributed by atoms with Crippen LogP contribution in [0.5, 0.6) is 0 Å². The molecule has 108 valence electrons. The molecule has 1 N–H and O–H groups in total. The zero-order valence-corrected chi connectivity index (χ0v) is 13.0. The van der Waals surface area contributed by atoms with Gasteiger partial charge >= 0.3 is 5.97 Å². The summed E-state index contributed by atoms with van der Waals surface area (Å²) in [6.45, 7) is 5.53. The molecule has 1 unspecified atom stereocenters. The number of thiazole rings is 1. The van der Waals surface area contributed by atoms with Crippen LogP contribution in [0.2, 0.25) is 0 Å². The topological polar surface area (TPSA) is 85.4 Å². The van der Waals surface area contributed by atoms with Gasteiger partial charge < -0.3 is 4.74 Å². The molecule has 6 nitrogen and oxygen atoms in total. The number of carbonyl (C=O) groups is 1. The minimum absolute atomic E-state index is 0.0997. The van der Waals surface area contributed by atoms with Crippen molar-refractivity contribution in [1.29, 1.82) is 0 Å². The third-order valence-corrected chi connectivity index (χ3v) is 5.20. The van der Waals surface area contributed by atoms with E-state index in [-0.39, 0.29) is 10.1 Å². The standard InChI is InChI=1S/C11H18N2O4S2/c1-7(2)5-9(11(14)17-4)13-19(15,16)10-6-12-8(3)18-10/h6-7,9,13H,5H2,1-4H3. The highest BCUT2D eigenvalue weighted by Crippen LogP contribution is 2.19. The van der Waals surface area contributed by atoms with Gasteiger partial charge in [0.1, 0.15) is 6.04 Å². The van der Waals surface area contributed by atoms with Crippen molar-refractivity contribution in [2.45, 2.75) is 37.4 Å². The molecule has 0 amide bonds.